The minimum Gasteiger partial charge on any atom is -0.503 e. The minimum absolute atomic E-state index is 0.0149. The van der Waals surface area contributed by atoms with E-state index in [1.54, 1.807) is 0 Å². The number of rotatable bonds is 5. The van der Waals surface area contributed by atoms with Crippen molar-refractivity contribution in [3.8, 4) is 5.75 Å². The standard InChI is InChI=1S/C30H23F2N3O5/c31-20-12-11-19(22(32)13-20)14-33-29(38)21-15-34-16-23-35(30(39)25(34)27(37)26(21)36)24(17-7-3-1-4-8-17)28(40-23)18-9-5-2-6-10-18/h1-13,15,23-24,28,37H,14,16H2,(H,33,38)/t23-,24?,28+/m1/s1. The number of nitrogens with one attached hydrogen (secondary N) is 1. The molecule has 40 heavy (non-hydrogen) atoms. The topological polar surface area (TPSA) is 101 Å². The lowest BCUT2D eigenvalue weighted by Crippen LogP contribution is -2.47. The van der Waals surface area contributed by atoms with E-state index in [0.29, 0.717) is 6.07 Å². The summed E-state index contributed by atoms with van der Waals surface area (Å²) in [6.07, 6.45) is -0.0732. The molecule has 4 aromatic rings. The van der Waals surface area contributed by atoms with Gasteiger partial charge in [-0.15, -0.1) is 0 Å². The molecule has 2 aliphatic rings. The molecule has 1 fully saturated rings. The molecule has 10 heteroatoms. The first-order chi connectivity index (χ1) is 19.3. The number of amides is 2. The lowest BCUT2D eigenvalue weighted by atomic mass is 9.94. The largest absolute Gasteiger partial charge is 0.503 e. The zero-order valence-electron chi connectivity index (χ0n) is 21.0. The normalized spacial score (nSPS) is 19.7. The van der Waals surface area contributed by atoms with Crippen molar-refractivity contribution in [1.82, 2.24) is 14.8 Å². The summed E-state index contributed by atoms with van der Waals surface area (Å²) in [5, 5.41) is 13.3. The average Bonchev–Trinajstić information content (AvgIpc) is 3.35. The van der Waals surface area contributed by atoms with Gasteiger partial charge < -0.3 is 19.7 Å². The predicted molar refractivity (Wildman–Crippen MR) is 139 cm³/mol. The quantitative estimate of drug-likeness (QED) is 0.396. The van der Waals surface area contributed by atoms with Gasteiger partial charge in [-0.25, -0.2) is 8.78 Å². The number of benzene rings is 3. The van der Waals surface area contributed by atoms with E-state index >= 15 is 0 Å². The number of halogens is 2. The first kappa shape index (κ1) is 25.4. The monoisotopic (exact) mass is 543 g/mol. The molecule has 0 bridgehead atoms. The van der Waals surface area contributed by atoms with Crippen LogP contribution in [-0.4, -0.2) is 32.6 Å². The van der Waals surface area contributed by atoms with Gasteiger partial charge in [0.15, 0.2) is 17.7 Å². The first-order valence-electron chi connectivity index (χ1n) is 12.6. The summed E-state index contributed by atoms with van der Waals surface area (Å²) < 4.78 is 34.9. The Morgan fingerprint density at radius 1 is 0.975 bits per heavy atom. The summed E-state index contributed by atoms with van der Waals surface area (Å²) in [7, 11) is 0. The van der Waals surface area contributed by atoms with Gasteiger partial charge >= 0.3 is 0 Å². The van der Waals surface area contributed by atoms with Crippen molar-refractivity contribution >= 4 is 11.8 Å². The molecule has 0 aliphatic carbocycles. The molecule has 3 aromatic carbocycles. The van der Waals surface area contributed by atoms with Crippen molar-refractivity contribution in [3.05, 3.63) is 135 Å². The predicted octanol–water partition coefficient (Wildman–Crippen LogP) is 4.06. The molecule has 1 unspecified atom stereocenters. The molecule has 2 aliphatic heterocycles. The zero-order chi connectivity index (χ0) is 28.0. The third-order valence-electron chi connectivity index (χ3n) is 7.21. The van der Waals surface area contributed by atoms with Crippen LogP contribution in [0.2, 0.25) is 0 Å². The summed E-state index contributed by atoms with van der Waals surface area (Å²) >= 11 is 0. The van der Waals surface area contributed by atoms with Crippen molar-refractivity contribution in [2.24, 2.45) is 0 Å². The molecular formula is C30H23F2N3O5. The SMILES string of the molecule is O=C(NCc1ccc(F)cc1F)c1cn2c(c(O)c1=O)C(=O)N1C(c3ccccc3)[C@H](c3ccccc3)O[C@@H]1C2. The van der Waals surface area contributed by atoms with E-state index in [4.69, 9.17) is 4.74 Å². The summed E-state index contributed by atoms with van der Waals surface area (Å²) in [5.41, 5.74) is -0.0176. The van der Waals surface area contributed by atoms with Gasteiger partial charge in [0.1, 0.15) is 23.3 Å². The number of aromatic hydroxyl groups is 1. The van der Waals surface area contributed by atoms with Gasteiger partial charge in [0.2, 0.25) is 5.43 Å². The Kier molecular flexibility index (Phi) is 6.39. The Balaban J connectivity index is 1.34. The third-order valence-corrected chi connectivity index (χ3v) is 7.21. The first-order valence-corrected chi connectivity index (χ1v) is 12.6. The number of carbonyl (C=O) groups excluding carboxylic acids is 2. The molecule has 1 aromatic heterocycles. The average molecular weight is 544 g/mol. The van der Waals surface area contributed by atoms with Crippen LogP contribution in [0, 0.1) is 11.6 Å². The van der Waals surface area contributed by atoms with Crippen LogP contribution in [0.3, 0.4) is 0 Å². The van der Waals surface area contributed by atoms with E-state index in [0.717, 1.165) is 17.2 Å². The molecule has 1 saturated heterocycles. The highest BCUT2D eigenvalue weighted by Gasteiger charge is 2.50. The maximum Gasteiger partial charge on any atom is 0.277 e. The Labute approximate surface area is 227 Å². The van der Waals surface area contributed by atoms with Crippen LogP contribution >= 0.6 is 0 Å². The van der Waals surface area contributed by atoms with Crippen LogP contribution in [0.15, 0.2) is 89.9 Å². The van der Waals surface area contributed by atoms with Gasteiger partial charge in [-0.2, -0.15) is 0 Å². The van der Waals surface area contributed by atoms with Gasteiger partial charge in [-0.05, 0) is 17.2 Å². The van der Waals surface area contributed by atoms with E-state index in [9.17, 15) is 28.3 Å². The van der Waals surface area contributed by atoms with Gasteiger partial charge in [0.25, 0.3) is 11.8 Å². The second-order valence-electron chi connectivity index (χ2n) is 9.63. The number of aromatic nitrogens is 1. The highest BCUT2D eigenvalue weighted by atomic mass is 19.1. The van der Waals surface area contributed by atoms with Crippen molar-refractivity contribution in [1.29, 1.82) is 0 Å². The van der Waals surface area contributed by atoms with Gasteiger partial charge in [0, 0.05) is 24.4 Å². The smallest absolute Gasteiger partial charge is 0.277 e. The van der Waals surface area contributed by atoms with E-state index in [1.165, 1.54) is 21.7 Å². The van der Waals surface area contributed by atoms with Crippen LogP contribution in [0.4, 0.5) is 8.78 Å². The maximum absolute atomic E-state index is 14.0. The third kappa shape index (κ3) is 4.32. The molecule has 3 atom stereocenters. The lowest BCUT2D eigenvalue weighted by molar-refractivity contribution is -0.0154. The summed E-state index contributed by atoms with van der Waals surface area (Å²) in [6.45, 7) is -0.267. The van der Waals surface area contributed by atoms with E-state index in [2.05, 4.69) is 5.32 Å². The van der Waals surface area contributed by atoms with Crippen LogP contribution in [0.5, 0.6) is 5.75 Å². The minimum atomic E-state index is -1.04. The number of pyridine rings is 1. The van der Waals surface area contributed by atoms with Crippen LogP contribution in [0.1, 0.15) is 49.7 Å². The lowest BCUT2D eigenvalue weighted by Gasteiger charge is -2.35. The fourth-order valence-corrected chi connectivity index (χ4v) is 5.32. The number of ether oxygens (including phenoxy) is 1. The fourth-order valence-electron chi connectivity index (χ4n) is 5.32. The van der Waals surface area contributed by atoms with Gasteiger partial charge in [-0.3, -0.25) is 19.3 Å². The summed E-state index contributed by atoms with van der Waals surface area (Å²) in [4.78, 5) is 41.3. The molecule has 0 spiro atoms. The Morgan fingerprint density at radius 2 is 1.65 bits per heavy atom. The van der Waals surface area contributed by atoms with Crippen molar-refractivity contribution in [3.63, 3.8) is 0 Å². The van der Waals surface area contributed by atoms with Gasteiger partial charge in [-0.1, -0.05) is 66.7 Å². The van der Waals surface area contributed by atoms with Crippen molar-refractivity contribution in [2.75, 3.05) is 0 Å². The Bertz CT molecular complexity index is 1680. The Hall–Kier alpha value is -4.83. The second kappa shape index (κ2) is 10.0. The highest BCUT2D eigenvalue weighted by molar-refractivity contribution is 5.99. The van der Waals surface area contributed by atoms with E-state index in [1.807, 2.05) is 60.7 Å². The second-order valence-corrected chi connectivity index (χ2v) is 9.63. The molecular weight excluding hydrogens is 520 g/mol. The number of fused-ring (bicyclic) bond motifs is 2. The van der Waals surface area contributed by atoms with Gasteiger partial charge in [0.05, 0.1) is 12.6 Å². The molecule has 2 N–H and O–H groups in total. The number of hydrogen-bond donors (Lipinski definition) is 2. The van der Waals surface area contributed by atoms with Crippen LogP contribution < -0.4 is 10.7 Å². The molecule has 2 amide bonds. The van der Waals surface area contributed by atoms with Crippen molar-refractivity contribution < 1.29 is 28.2 Å². The highest BCUT2D eigenvalue weighted by Crippen LogP contribution is 2.47. The van der Waals surface area contributed by atoms with Crippen LogP contribution in [0.25, 0.3) is 0 Å². The Morgan fingerprint density at radius 3 is 2.33 bits per heavy atom. The zero-order valence-corrected chi connectivity index (χ0v) is 21.0. The number of nitrogens with zero attached hydrogens (tertiary/aromatic N) is 2. The number of hydrogen-bond acceptors (Lipinski definition) is 5. The molecule has 0 saturated carbocycles. The molecule has 8 nitrogen and oxygen atoms in total. The summed E-state index contributed by atoms with van der Waals surface area (Å²) in [5.74, 6) is -3.97. The molecule has 202 valence electrons. The van der Waals surface area contributed by atoms with E-state index in [-0.39, 0.29) is 24.3 Å². The maximum atomic E-state index is 14.0. The molecule has 3 heterocycles. The van der Waals surface area contributed by atoms with E-state index < -0.39 is 58.6 Å². The fraction of sp³-hybridized carbons (Fsp3) is 0.167. The van der Waals surface area contributed by atoms with Crippen molar-refractivity contribution in [2.45, 2.75) is 31.5 Å². The number of carbonyl (C=O) groups is 2. The summed E-state index contributed by atoms with van der Waals surface area (Å²) in [6, 6.07) is 21.2. The molecule has 6 rings (SSSR count). The van der Waals surface area contributed by atoms with Crippen LogP contribution in [-0.2, 0) is 17.8 Å². The molecule has 0 radical (unpaired) electrons.